The maximum Gasteiger partial charge on any atom is 0.159 e. The summed E-state index contributed by atoms with van der Waals surface area (Å²) in [5.41, 5.74) is 32.8. The molecule has 0 aliphatic heterocycles. The fourth-order valence-corrected chi connectivity index (χ4v) is 17.0. The van der Waals surface area contributed by atoms with Crippen LogP contribution in [0.1, 0.15) is 22.8 Å². The van der Waals surface area contributed by atoms with Crippen LogP contribution < -0.4 is 0 Å². The molecule has 21 aromatic rings. The molecule has 9 heterocycles. The average molecular weight is 1410 g/mol. The van der Waals surface area contributed by atoms with Crippen molar-refractivity contribution in [1.82, 2.24) is 47.5 Å². The SMILES string of the molecule is Cc1cn2ccc3cc(-c4ccccc4-c4cc(-c5ccccc5-c5ccc6c(ccn7cc(C)nc67)c5)cc(-c5cccc(-c6cc(-c7ccccc7-c7ccc8c(ccn9cc(C)nc89)c7)cc(-c7ccccc7-c7ccc8c(ccn9cc(C)nc89)c7)c6)c5-c5ccc(-c6ncccn6)cc5)c4)ccc3c2n1. The van der Waals surface area contributed by atoms with Crippen molar-refractivity contribution in [2.24, 2.45) is 0 Å². The van der Waals surface area contributed by atoms with Gasteiger partial charge in [-0.1, -0.05) is 188 Å². The molecular weight excluding hydrogens is 1340 g/mol. The zero-order valence-corrected chi connectivity index (χ0v) is 60.8. The van der Waals surface area contributed by atoms with Gasteiger partial charge in [-0.2, -0.15) is 0 Å². The topological polar surface area (TPSA) is 95.0 Å². The van der Waals surface area contributed by atoms with Gasteiger partial charge in [-0.25, -0.2) is 29.9 Å². The van der Waals surface area contributed by atoms with E-state index >= 15 is 0 Å². The van der Waals surface area contributed by atoms with Crippen LogP contribution in [0.5, 0.6) is 0 Å². The number of hydrogen-bond donors (Lipinski definition) is 0. The third-order valence-electron chi connectivity index (χ3n) is 22.0. The van der Waals surface area contributed by atoms with Gasteiger partial charge < -0.3 is 17.6 Å². The molecule has 0 fully saturated rings. The fourth-order valence-electron chi connectivity index (χ4n) is 17.0. The predicted octanol–water partition coefficient (Wildman–Crippen LogP) is 24.9. The summed E-state index contributed by atoms with van der Waals surface area (Å²) in [6.45, 7) is 8.21. The largest absolute Gasteiger partial charge is 0.306 e. The standard InChI is InChI=1S/C100H68N10/c1-61-57-107-43-37-71-47-67(29-33-91(71)97(107)103-61)81-15-5-9-19-85(81)75-51-76(86-20-10-6-16-82(86)68-30-34-92-72(48-68)38-44-108-58-62(2)104-98(92)108)54-79(53-75)89-23-13-24-90(95(89)65-25-27-66(28-26-65)96-101-41-14-42-102-96)80-55-77(87-21-11-7-17-83(87)69-31-35-93-73(49-69)39-45-109-59-63(3)105-99(93)109)52-78(56-80)88-22-12-8-18-84(88)70-32-36-94-74(50-70)40-46-110-60-64(4)106-100(94)110/h5-60H,1-4H3. The molecule has 110 heavy (non-hydrogen) atoms. The average Bonchev–Trinajstić information content (AvgIpc) is 1.07. The van der Waals surface area contributed by atoms with Crippen molar-refractivity contribution in [1.29, 1.82) is 0 Å². The van der Waals surface area contributed by atoms with E-state index in [1.165, 1.54) is 0 Å². The Kier molecular flexibility index (Phi) is 14.9. The summed E-state index contributed by atoms with van der Waals surface area (Å²) in [4.78, 5) is 29.3. The zero-order valence-electron chi connectivity index (χ0n) is 60.8. The summed E-state index contributed by atoms with van der Waals surface area (Å²) in [6.07, 6.45) is 20.4. The molecule has 21 rings (SSSR count). The van der Waals surface area contributed by atoms with E-state index in [1.54, 1.807) is 0 Å². The number of imidazole rings is 4. The van der Waals surface area contributed by atoms with Crippen molar-refractivity contribution >= 4 is 65.7 Å². The second-order valence-electron chi connectivity index (χ2n) is 29.1. The zero-order chi connectivity index (χ0) is 73.2. The van der Waals surface area contributed by atoms with Crippen LogP contribution in [0.25, 0.3) is 199 Å². The number of aryl methyl sites for hydroxylation is 4. The van der Waals surface area contributed by atoms with Gasteiger partial charge in [0, 0.05) is 89.1 Å². The minimum Gasteiger partial charge on any atom is -0.306 e. The van der Waals surface area contributed by atoms with Crippen molar-refractivity contribution in [2.75, 3.05) is 0 Å². The fraction of sp³-hybridized carbons (Fsp3) is 0.0400. The Morgan fingerprint density at radius 3 is 0.745 bits per heavy atom. The van der Waals surface area contributed by atoms with Gasteiger partial charge in [-0.05, 0) is 263 Å². The van der Waals surface area contributed by atoms with Gasteiger partial charge in [0.05, 0.1) is 22.8 Å². The Balaban J connectivity index is 0.804. The normalized spacial score (nSPS) is 11.8. The van der Waals surface area contributed by atoms with Crippen LogP contribution >= 0.6 is 0 Å². The molecule has 0 bridgehead atoms. The third-order valence-corrected chi connectivity index (χ3v) is 22.0. The summed E-state index contributed by atoms with van der Waals surface area (Å²) in [5, 5.41) is 8.95. The molecule has 0 aliphatic carbocycles. The molecule has 0 amide bonds. The molecule has 9 aromatic heterocycles. The maximum absolute atomic E-state index is 4.96. The molecule has 0 saturated carbocycles. The minimum atomic E-state index is 0.664. The summed E-state index contributed by atoms with van der Waals surface area (Å²) in [7, 11) is 0. The van der Waals surface area contributed by atoms with E-state index in [0.717, 1.165) is 216 Å². The van der Waals surface area contributed by atoms with Crippen LogP contribution in [0, 0.1) is 27.7 Å². The highest BCUT2D eigenvalue weighted by molar-refractivity contribution is 6.06. The van der Waals surface area contributed by atoms with E-state index in [4.69, 9.17) is 29.9 Å². The first kappa shape index (κ1) is 63.9. The van der Waals surface area contributed by atoms with E-state index in [0.29, 0.717) is 5.82 Å². The monoisotopic (exact) mass is 1410 g/mol. The summed E-state index contributed by atoms with van der Waals surface area (Å²) in [5.74, 6) is 0.664. The third kappa shape index (κ3) is 11.0. The number of benzene rings is 12. The van der Waals surface area contributed by atoms with Gasteiger partial charge in [0.25, 0.3) is 0 Å². The Morgan fingerprint density at radius 1 is 0.209 bits per heavy atom. The van der Waals surface area contributed by atoms with Crippen LogP contribution in [0.4, 0.5) is 0 Å². The van der Waals surface area contributed by atoms with E-state index in [1.807, 2.05) is 18.5 Å². The van der Waals surface area contributed by atoms with E-state index in [-0.39, 0.29) is 0 Å². The quantitative estimate of drug-likeness (QED) is 0.121. The number of rotatable bonds is 12. The Morgan fingerprint density at radius 2 is 0.455 bits per heavy atom. The minimum absolute atomic E-state index is 0.664. The Hall–Kier alpha value is -14.5. The summed E-state index contributed by atoms with van der Waals surface area (Å²) < 4.78 is 8.48. The van der Waals surface area contributed by atoms with Crippen molar-refractivity contribution in [3.63, 3.8) is 0 Å². The molecule has 0 unspecified atom stereocenters. The van der Waals surface area contributed by atoms with Gasteiger partial charge in [-0.15, -0.1) is 0 Å². The molecule has 0 spiro atoms. The maximum atomic E-state index is 4.96. The highest BCUT2D eigenvalue weighted by Gasteiger charge is 2.24. The molecule has 12 aromatic carbocycles. The van der Waals surface area contributed by atoms with Crippen molar-refractivity contribution < 1.29 is 0 Å². The molecule has 0 atom stereocenters. The second-order valence-corrected chi connectivity index (χ2v) is 29.1. The van der Waals surface area contributed by atoms with Crippen molar-refractivity contribution in [2.45, 2.75) is 27.7 Å². The molecule has 0 saturated heterocycles. The van der Waals surface area contributed by atoms with Gasteiger partial charge in [0.1, 0.15) is 22.6 Å². The first-order valence-electron chi connectivity index (χ1n) is 37.3. The number of fused-ring (bicyclic) bond motifs is 12. The molecule has 10 heteroatoms. The van der Waals surface area contributed by atoms with Crippen molar-refractivity contribution in [3.05, 3.63) is 364 Å². The summed E-state index contributed by atoms with van der Waals surface area (Å²) in [6, 6.07) is 104. The van der Waals surface area contributed by atoms with Crippen LogP contribution in [-0.2, 0) is 0 Å². The van der Waals surface area contributed by atoms with Crippen LogP contribution in [0.15, 0.2) is 341 Å². The van der Waals surface area contributed by atoms with E-state index < -0.39 is 0 Å². The number of nitrogens with zero attached hydrogens (tertiary/aromatic N) is 10. The smallest absolute Gasteiger partial charge is 0.159 e. The molecule has 0 radical (unpaired) electrons. The van der Waals surface area contributed by atoms with Crippen LogP contribution in [0.2, 0.25) is 0 Å². The predicted molar refractivity (Wildman–Crippen MR) is 451 cm³/mol. The lowest BCUT2D eigenvalue weighted by Gasteiger charge is -2.21. The lowest BCUT2D eigenvalue weighted by Crippen LogP contribution is -1.95. The van der Waals surface area contributed by atoms with E-state index in [2.05, 4.69) is 368 Å². The highest BCUT2D eigenvalue weighted by Crippen LogP contribution is 2.49. The summed E-state index contributed by atoms with van der Waals surface area (Å²) >= 11 is 0. The Bertz CT molecular complexity index is 6580. The van der Waals surface area contributed by atoms with Gasteiger partial charge in [0.15, 0.2) is 5.82 Å². The molecule has 0 N–H and O–H groups in total. The Labute approximate surface area is 634 Å². The first-order valence-corrected chi connectivity index (χ1v) is 37.3. The second kappa shape index (κ2) is 25.7. The van der Waals surface area contributed by atoms with Crippen molar-refractivity contribution in [3.8, 4) is 134 Å². The van der Waals surface area contributed by atoms with Crippen LogP contribution in [-0.4, -0.2) is 47.5 Å². The number of aromatic nitrogens is 10. The first-order chi connectivity index (χ1) is 54.1. The van der Waals surface area contributed by atoms with Gasteiger partial charge in [0.2, 0.25) is 0 Å². The number of pyridine rings is 4. The molecule has 10 nitrogen and oxygen atoms in total. The van der Waals surface area contributed by atoms with Gasteiger partial charge >= 0.3 is 0 Å². The van der Waals surface area contributed by atoms with E-state index in [9.17, 15) is 0 Å². The molecule has 518 valence electrons. The van der Waals surface area contributed by atoms with Gasteiger partial charge in [-0.3, -0.25) is 0 Å². The highest BCUT2D eigenvalue weighted by atomic mass is 15.0. The molecule has 0 aliphatic rings. The lowest BCUT2D eigenvalue weighted by molar-refractivity contribution is 1.18. The molecular formula is C100H68N10. The lowest BCUT2D eigenvalue weighted by atomic mass is 9.82. The van der Waals surface area contributed by atoms with Crippen LogP contribution in [0.3, 0.4) is 0 Å². The number of hydrogen-bond acceptors (Lipinski definition) is 6.